The first-order valence-electron chi connectivity index (χ1n) is 9.79. The van der Waals surface area contributed by atoms with Gasteiger partial charge in [0.25, 0.3) is 0 Å². The molecule has 2 aromatic carbocycles. The average molecular weight is 473 g/mol. The molecule has 33 heavy (non-hydrogen) atoms. The van der Waals surface area contributed by atoms with Gasteiger partial charge in [-0.3, -0.25) is 4.79 Å². The third-order valence-electron chi connectivity index (χ3n) is 5.29. The Kier molecular flexibility index (Phi) is 6.20. The fourth-order valence-corrected chi connectivity index (χ4v) is 3.78. The van der Waals surface area contributed by atoms with Crippen molar-refractivity contribution in [3.63, 3.8) is 0 Å². The van der Waals surface area contributed by atoms with Gasteiger partial charge in [-0.2, -0.15) is 0 Å². The monoisotopic (exact) mass is 472 g/mol. The van der Waals surface area contributed by atoms with Crippen LogP contribution in [-0.2, 0) is 6.54 Å². The highest BCUT2D eigenvalue weighted by molar-refractivity contribution is 6.30. The number of carbonyl (C=O) groups is 1. The molecule has 0 saturated heterocycles. The molecular formula is C24H19ClF2N2O4. The van der Waals surface area contributed by atoms with Crippen molar-refractivity contribution in [3.8, 4) is 17.2 Å². The third-order valence-corrected chi connectivity index (χ3v) is 5.50. The summed E-state index contributed by atoms with van der Waals surface area (Å²) in [7, 11) is 4.01. The molecule has 6 nitrogen and oxygen atoms in total. The van der Waals surface area contributed by atoms with Gasteiger partial charge >= 0.3 is 0 Å². The van der Waals surface area contributed by atoms with Gasteiger partial charge in [0.1, 0.15) is 16.5 Å². The van der Waals surface area contributed by atoms with Crippen LogP contribution in [0.4, 0.5) is 8.78 Å². The van der Waals surface area contributed by atoms with Crippen LogP contribution in [0, 0.1) is 11.6 Å². The van der Waals surface area contributed by atoms with Gasteiger partial charge < -0.3 is 18.8 Å². The minimum absolute atomic E-state index is 0.0657. The Hall–Kier alpha value is -3.65. The van der Waals surface area contributed by atoms with Crippen LogP contribution >= 0.6 is 11.6 Å². The van der Waals surface area contributed by atoms with Crippen molar-refractivity contribution >= 4 is 28.3 Å². The number of halogens is 3. The largest absolute Gasteiger partial charge is 0.497 e. The maximum absolute atomic E-state index is 15.0. The Morgan fingerprint density at radius 1 is 1.00 bits per heavy atom. The van der Waals surface area contributed by atoms with E-state index < -0.39 is 23.0 Å². The fourth-order valence-electron chi connectivity index (χ4n) is 3.62. The minimum atomic E-state index is -1.11. The number of methoxy groups -OCH3 is 3. The highest BCUT2D eigenvalue weighted by Crippen LogP contribution is 2.34. The molecule has 0 saturated carbocycles. The number of hydrogen-bond donors (Lipinski definition) is 0. The summed E-state index contributed by atoms with van der Waals surface area (Å²) >= 11 is 6.07. The first-order valence-corrected chi connectivity index (χ1v) is 10.2. The van der Waals surface area contributed by atoms with Crippen molar-refractivity contribution in [2.75, 3.05) is 21.3 Å². The van der Waals surface area contributed by atoms with Crippen LogP contribution in [0.1, 0.15) is 21.5 Å². The van der Waals surface area contributed by atoms with Gasteiger partial charge in [0, 0.05) is 29.8 Å². The van der Waals surface area contributed by atoms with E-state index in [2.05, 4.69) is 4.98 Å². The number of carbonyl (C=O) groups excluding carboxylic acids is 1. The molecule has 4 rings (SSSR count). The first-order chi connectivity index (χ1) is 15.9. The first kappa shape index (κ1) is 22.5. The van der Waals surface area contributed by atoms with Crippen molar-refractivity contribution in [3.05, 3.63) is 82.3 Å². The second-order valence-corrected chi connectivity index (χ2v) is 7.54. The van der Waals surface area contributed by atoms with Crippen LogP contribution in [0.3, 0.4) is 0 Å². The Balaban J connectivity index is 1.86. The number of nitrogens with zero attached hydrogens (tertiary/aromatic N) is 2. The van der Waals surface area contributed by atoms with E-state index in [1.54, 1.807) is 11.7 Å². The molecule has 4 aromatic rings. The van der Waals surface area contributed by atoms with E-state index in [9.17, 15) is 13.6 Å². The smallest absolute Gasteiger partial charge is 0.201 e. The summed E-state index contributed by atoms with van der Waals surface area (Å²) in [5.74, 6) is -3.01. The molecule has 0 aliphatic carbocycles. The van der Waals surface area contributed by atoms with Crippen molar-refractivity contribution in [1.29, 1.82) is 0 Å². The Morgan fingerprint density at radius 3 is 2.21 bits per heavy atom. The van der Waals surface area contributed by atoms with Crippen LogP contribution in [0.25, 0.3) is 10.9 Å². The van der Waals surface area contributed by atoms with E-state index in [0.29, 0.717) is 23.2 Å². The van der Waals surface area contributed by atoms with Crippen molar-refractivity contribution in [2.24, 2.45) is 0 Å². The number of aromatic nitrogens is 2. The summed E-state index contributed by atoms with van der Waals surface area (Å²) < 4.78 is 46.8. The molecule has 2 aromatic heterocycles. The standard InChI is InChI=1S/C24H19ClF2N2O4/c1-31-14-6-4-13(5-7-14)11-29-12-16(15-8-20(25)28-10-17(15)29)24(30)21-22(26)18(32-2)9-19(33-3)23(21)27/h4-10,12H,11H2,1-3H3. The van der Waals surface area contributed by atoms with Gasteiger partial charge in [-0.1, -0.05) is 23.7 Å². The topological polar surface area (TPSA) is 62.6 Å². The molecule has 0 unspecified atom stereocenters. The number of fused-ring (bicyclic) bond motifs is 1. The number of ketones is 1. The SMILES string of the molecule is COc1ccc(Cn2cc(C(=O)c3c(F)c(OC)cc(OC)c3F)c3cc(Cl)ncc32)cc1. The highest BCUT2D eigenvalue weighted by Gasteiger charge is 2.28. The van der Waals surface area contributed by atoms with Gasteiger partial charge in [-0.05, 0) is 23.8 Å². The Labute approximate surface area is 193 Å². The third kappa shape index (κ3) is 4.09. The minimum Gasteiger partial charge on any atom is -0.497 e. The normalized spacial score (nSPS) is 11.0. The zero-order chi connectivity index (χ0) is 23.7. The predicted molar refractivity (Wildman–Crippen MR) is 120 cm³/mol. The predicted octanol–water partition coefficient (Wildman–Crippen LogP) is 5.27. The van der Waals surface area contributed by atoms with Crippen molar-refractivity contribution < 1.29 is 27.8 Å². The average Bonchev–Trinajstić information content (AvgIpc) is 3.17. The lowest BCUT2D eigenvalue weighted by atomic mass is 10.0. The maximum atomic E-state index is 15.0. The number of hydrogen-bond acceptors (Lipinski definition) is 5. The number of ether oxygens (including phenoxy) is 3. The van der Waals surface area contributed by atoms with E-state index in [-0.39, 0.29) is 22.2 Å². The van der Waals surface area contributed by atoms with Gasteiger partial charge in [0.15, 0.2) is 23.1 Å². The van der Waals surface area contributed by atoms with E-state index in [1.807, 2.05) is 24.3 Å². The summed E-state index contributed by atoms with van der Waals surface area (Å²) in [6, 6.07) is 9.92. The molecule has 170 valence electrons. The van der Waals surface area contributed by atoms with E-state index in [0.717, 1.165) is 11.6 Å². The zero-order valence-electron chi connectivity index (χ0n) is 18.0. The molecule has 0 aliphatic heterocycles. The van der Waals surface area contributed by atoms with Gasteiger partial charge in [0.05, 0.1) is 33.0 Å². The van der Waals surface area contributed by atoms with E-state index in [4.69, 9.17) is 25.8 Å². The summed E-state index contributed by atoms with van der Waals surface area (Å²) in [5.41, 5.74) is 0.787. The summed E-state index contributed by atoms with van der Waals surface area (Å²) in [4.78, 5) is 17.5. The lowest BCUT2D eigenvalue weighted by Crippen LogP contribution is -2.10. The second-order valence-electron chi connectivity index (χ2n) is 7.16. The Morgan fingerprint density at radius 2 is 1.64 bits per heavy atom. The number of benzene rings is 2. The Bertz CT molecular complexity index is 1330. The van der Waals surface area contributed by atoms with Crippen LogP contribution in [0.15, 0.2) is 48.8 Å². The summed E-state index contributed by atoms with van der Waals surface area (Å²) in [6.07, 6.45) is 3.04. The zero-order valence-corrected chi connectivity index (χ0v) is 18.7. The van der Waals surface area contributed by atoms with Crippen LogP contribution in [0.2, 0.25) is 5.15 Å². The van der Waals surface area contributed by atoms with Crippen molar-refractivity contribution in [1.82, 2.24) is 9.55 Å². The lowest BCUT2D eigenvalue weighted by molar-refractivity contribution is 0.103. The van der Waals surface area contributed by atoms with Crippen LogP contribution in [0.5, 0.6) is 17.2 Å². The molecule has 0 spiro atoms. The van der Waals surface area contributed by atoms with E-state index >= 15 is 0 Å². The maximum Gasteiger partial charge on any atom is 0.201 e. The molecule has 0 atom stereocenters. The molecule has 0 N–H and O–H groups in total. The molecular weight excluding hydrogens is 454 g/mol. The molecule has 0 aliphatic rings. The molecule has 0 bridgehead atoms. The molecule has 0 radical (unpaired) electrons. The van der Waals surface area contributed by atoms with Gasteiger partial charge in [-0.25, -0.2) is 13.8 Å². The summed E-state index contributed by atoms with van der Waals surface area (Å²) in [5, 5.41) is 0.553. The molecule has 2 heterocycles. The molecule has 0 amide bonds. The van der Waals surface area contributed by atoms with Gasteiger partial charge in [0.2, 0.25) is 5.78 Å². The van der Waals surface area contributed by atoms with Crippen LogP contribution in [-0.4, -0.2) is 36.7 Å². The van der Waals surface area contributed by atoms with Gasteiger partial charge in [-0.15, -0.1) is 0 Å². The van der Waals surface area contributed by atoms with E-state index in [1.165, 1.54) is 32.7 Å². The number of pyridine rings is 1. The summed E-state index contributed by atoms with van der Waals surface area (Å²) in [6.45, 7) is 0.378. The van der Waals surface area contributed by atoms with Crippen LogP contribution < -0.4 is 14.2 Å². The fraction of sp³-hybridized carbons (Fsp3) is 0.167. The quantitative estimate of drug-likeness (QED) is 0.271. The number of rotatable bonds is 7. The molecule has 0 fully saturated rings. The molecule has 9 heteroatoms. The lowest BCUT2D eigenvalue weighted by Gasteiger charge is -2.11. The highest BCUT2D eigenvalue weighted by atomic mass is 35.5. The van der Waals surface area contributed by atoms with Crippen molar-refractivity contribution in [2.45, 2.75) is 6.54 Å². The second kappa shape index (κ2) is 9.07.